The van der Waals surface area contributed by atoms with Gasteiger partial charge in [0.25, 0.3) is 11.7 Å². The quantitative estimate of drug-likeness (QED) is 0.306. The van der Waals surface area contributed by atoms with Gasteiger partial charge in [0.05, 0.1) is 11.6 Å². The number of pyridine rings is 1. The van der Waals surface area contributed by atoms with E-state index in [1.165, 1.54) is 4.90 Å². The molecule has 1 unspecified atom stereocenters. The Balaban J connectivity index is 1.95. The van der Waals surface area contributed by atoms with Crippen LogP contribution in [0.3, 0.4) is 0 Å². The molecule has 1 fully saturated rings. The largest absolute Gasteiger partial charge is 0.507 e. The van der Waals surface area contributed by atoms with Crippen LogP contribution in [-0.2, 0) is 9.59 Å². The third-order valence-corrected chi connectivity index (χ3v) is 6.11. The van der Waals surface area contributed by atoms with Crippen LogP contribution in [0.5, 0.6) is 0 Å². The van der Waals surface area contributed by atoms with Gasteiger partial charge < -0.3 is 5.11 Å². The number of benzene rings is 2. The number of aryl methyl sites for hydroxylation is 1. The van der Waals surface area contributed by atoms with Gasteiger partial charge in [0.15, 0.2) is 0 Å². The summed E-state index contributed by atoms with van der Waals surface area (Å²) in [5, 5.41) is 11.5. The maximum atomic E-state index is 13.1. The van der Waals surface area contributed by atoms with Crippen LogP contribution in [0, 0.1) is 6.92 Å². The van der Waals surface area contributed by atoms with Gasteiger partial charge in [0.1, 0.15) is 5.76 Å². The molecule has 1 aliphatic heterocycles. The van der Waals surface area contributed by atoms with Gasteiger partial charge in [-0.15, -0.1) is 0 Å². The zero-order valence-corrected chi connectivity index (χ0v) is 18.2. The molecule has 1 atom stereocenters. The topological polar surface area (TPSA) is 70.5 Å². The van der Waals surface area contributed by atoms with E-state index in [-0.39, 0.29) is 11.3 Å². The number of aliphatic hydroxyl groups excluding tert-OH is 1. The van der Waals surface area contributed by atoms with Crippen molar-refractivity contribution in [2.24, 2.45) is 0 Å². The Bertz CT molecular complexity index is 1190. The molecule has 0 bridgehead atoms. The first-order chi connectivity index (χ1) is 14.4. The van der Waals surface area contributed by atoms with Crippen molar-refractivity contribution in [3.05, 3.63) is 98.7 Å². The standard InChI is InChI=1S/C23H16BrClN2O3/c1-13-11-15(5-6-18(13)24)21(28)19-20(14-7-9-26-10-8-14)27(23(30)22(19)29)17-4-2-3-16(25)12-17/h2-12,20,28H,1H3/b21-19+. The fourth-order valence-electron chi connectivity index (χ4n) is 3.53. The van der Waals surface area contributed by atoms with Crippen LogP contribution in [0.15, 0.2) is 77.0 Å². The molecule has 1 aromatic heterocycles. The van der Waals surface area contributed by atoms with Gasteiger partial charge in [-0.3, -0.25) is 19.5 Å². The number of carbonyl (C=O) groups excluding carboxylic acids is 2. The second-order valence-corrected chi connectivity index (χ2v) is 8.18. The molecule has 5 nitrogen and oxygen atoms in total. The molecule has 3 aromatic rings. The lowest BCUT2D eigenvalue weighted by Gasteiger charge is -2.25. The number of aromatic nitrogens is 1. The van der Waals surface area contributed by atoms with Crippen molar-refractivity contribution in [1.82, 2.24) is 4.98 Å². The first kappa shape index (κ1) is 20.3. The average Bonchev–Trinajstić information content (AvgIpc) is 3.01. The van der Waals surface area contributed by atoms with Gasteiger partial charge in [0, 0.05) is 33.1 Å². The number of rotatable bonds is 3. The molecule has 7 heteroatoms. The molecule has 4 rings (SSSR count). The highest BCUT2D eigenvalue weighted by atomic mass is 79.9. The number of hydrogen-bond acceptors (Lipinski definition) is 4. The molecule has 1 aliphatic rings. The summed E-state index contributed by atoms with van der Waals surface area (Å²) in [5.74, 6) is -1.71. The van der Waals surface area contributed by atoms with Gasteiger partial charge >= 0.3 is 0 Å². The molecular weight excluding hydrogens is 468 g/mol. The van der Waals surface area contributed by atoms with E-state index in [1.807, 2.05) is 6.92 Å². The molecule has 1 amide bonds. The Labute approximate surface area is 186 Å². The van der Waals surface area contributed by atoms with Crippen LogP contribution in [0.4, 0.5) is 5.69 Å². The lowest BCUT2D eigenvalue weighted by Crippen LogP contribution is -2.29. The number of aliphatic hydroxyl groups is 1. The molecule has 1 saturated heterocycles. The summed E-state index contributed by atoms with van der Waals surface area (Å²) >= 11 is 9.56. The summed E-state index contributed by atoms with van der Waals surface area (Å²) in [7, 11) is 0. The van der Waals surface area contributed by atoms with Gasteiger partial charge in [-0.25, -0.2) is 0 Å². The van der Waals surface area contributed by atoms with Crippen molar-refractivity contribution in [3.63, 3.8) is 0 Å². The minimum Gasteiger partial charge on any atom is -0.507 e. The fourth-order valence-corrected chi connectivity index (χ4v) is 3.96. The van der Waals surface area contributed by atoms with Gasteiger partial charge in [0.2, 0.25) is 0 Å². The molecule has 0 aliphatic carbocycles. The Kier molecular flexibility index (Phi) is 5.45. The predicted octanol–water partition coefficient (Wildman–Crippen LogP) is 5.43. The molecule has 150 valence electrons. The first-order valence-electron chi connectivity index (χ1n) is 9.11. The number of anilines is 1. The van der Waals surface area contributed by atoms with E-state index in [9.17, 15) is 14.7 Å². The van der Waals surface area contributed by atoms with E-state index in [4.69, 9.17) is 11.6 Å². The molecule has 0 saturated carbocycles. The van der Waals surface area contributed by atoms with Crippen LogP contribution < -0.4 is 4.90 Å². The molecule has 0 spiro atoms. The number of nitrogens with zero attached hydrogens (tertiary/aromatic N) is 2. The second-order valence-electron chi connectivity index (χ2n) is 6.89. The first-order valence-corrected chi connectivity index (χ1v) is 10.3. The number of hydrogen-bond donors (Lipinski definition) is 1. The Morgan fingerprint density at radius 1 is 1.10 bits per heavy atom. The predicted molar refractivity (Wildman–Crippen MR) is 119 cm³/mol. The van der Waals surface area contributed by atoms with Gasteiger partial charge in [-0.2, -0.15) is 0 Å². The molecule has 2 aromatic carbocycles. The highest BCUT2D eigenvalue weighted by molar-refractivity contribution is 9.10. The number of amides is 1. The van der Waals surface area contributed by atoms with Crippen molar-refractivity contribution in [1.29, 1.82) is 0 Å². The summed E-state index contributed by atoms with van der Waals surface area (Å²) < 4.78 is 0.879. The Morgan fingerprint density at radius 2 is 1.83 bits per heavy atom. The molecule has 2 heterocycles. The monoisotopic (exact) mass is 482 g/mol. The van der Waals surface area contributed by atoms with Crippen LogP contribution >= 0.6 is 27.5 Å². The highest BCUT2D eigenvalue weighted by Gasteiger charge is 2.47. The van der Waals surface area contributed by atoms with Crippen LogP contribution in [-0.4, -0.2) is 21.8 Å². The number of halogens is 2. The van der Waals surface area contributed by atoms with E-state index in [2.05, 4.69) is 20.9 Å². The third-order valence-electron chi connectivity index (χ3n) is 4.98. The normalized spacial score (nSPS) is 18.1. The van der Waals surface area contributed by atoms with Crippen molar-refractivity contribution in [2.45, 2.75) is 13.0 Å². The summed E-state index contributed by atoms with van der Waals surface area (Å²) in [6.45, 7) is 1.88. The minimum absolute atomic E-state index is 0.0212. The summed E-state index contributed by atoms with van der Waals surface area (Å²) in [6.07, 6.45) is 3.16. The van der Waals surface area contributed by atoms with E-state index in [0.717, 1.165) is 10.0 Å². The van der Waals surface area contributed by atoms with Gasteiger partial charge in [-0.1, -0.05) is 39.7 Å². The van der Waals surface area contributed by atoms with Crippen molar-refractivity contribution >= 4 is 50.7 Å². The van der Waals surface area contributed by atoms with E-state index in [1.54, 1.807) is 67.0 Å². The van der Waals surface area contributed by atoms with E-state index in [0.29, 0.717) is 21.8 Å². The van der Waals surface area contributed by atoms with E-state index < -0.39 is 17.7 Å². The van der Waals surface area contributed by atoms with Crippen molar-refractivity contribution in [3.8, 4) is 0 Å². The summed E-state index contributed by atoms with van der Waals surface area (Å²) in [4.78, 5) is 31.5. The fraction of sp³-hybridized carbons (Fsp3) is 0.0870. The van der Waals surface area contributed by atoms with Crippen LogP contribution in [0.1, 0.15) is 22.7 Å². The minimum atomic E-state index is -0.810. The number of carbonyl (C=O) groups is 2. The SMILES string of the molecule is Cc1cc(/C(O)=C2\C(=O)C(=O)N(c3cccc(Cl)c3)C2c2ccncc2)ccc1Br. The number of ketones is 1. The lowest BCUT2D eigenvalue weighted by molar-refractivity contribution is -0.132. The van der Waals surface area contributed by atoms with Crippen LogP contribution in [0.25, 0.3) is 5.76 Å². The van der Waals surface area contributed by atoms with Crippen molar-refractivity contribution in [2.75, 3.05) is 4.90 Å². The maximum absolute atomic E-state index is 13.1. The van der Waals surface area contributed by atoms with Crippen LogP contribution in [0.2, 0.25) is 5.02 Å². The molecule has 30 heavy (non-hydrogen) atoms. The van der Waals surface area contributed by atoms with Crippen molar-refractivity contribution < 1.29 is 14.7 Å². The zero-order valence-electron chi connectivity index (χ0n) is 15.8. The van der Waals surface area contributed by atoms with E-state index >= 15 is 0 Å². The maximum Gasteiger partial charge on any atom is 0.300 e. The highest BCUT2D eigenvalue weighted by Crippen LogP contribution is 2.42. The Hall–Kier alpha value is -2.96. The number of Topliss-reactive ketones (excluding diaryl/α,β-unsaturated/α-hetero) is 1. The Morgan fingerprint density at radius 3 is 2.50 bits per heavy atom. The lowest BCUT2D eigenvalue weighted by atomic mass is 9.95. The molecule has 1 N–H and O–H groups in total. The molecule has 0 radical (unpaired) electrons. The van der Waals surface area contributed by atoms with Gasteiger partial charge in [-0.05, 0) is 60.5 Å². The summed E-state index contributed by atoms with van der Waals surface area (Å²) in [6, 6.07) is 14.6. The smallest absolute Gasteiger partial charge is 0.300 e. The average molecular weight is 484 g/mol. The molecular formula is C23H16BrClN2O3. The second kappa shape index (κ2) is 8.05. The zero-order chi connectivity index (χ0) is 21.4. The third kappa shape index (κ3) is 3.53. The summed E-state index contributed by atoms with van der Waals surface area (Å²) in [5.41, 5.74) is 2.49.